The maximum Gasteiger partial charge on any atom is 0.103 e. The molecule has 40 valence electrons. The first-order valence-corrected chi connectivity index (χ1v) is 2.44. The Hall–Kier alpha value is 0.253. The molecule has 1 nitrogen and oxygen atoms in total. The van der Waals surface area contributed by atoms with Crippen LogP contribution in [0.5, 0.6) is 0 Å². The number of pyridine rings is 1. The Balaban J connectivity index is 0.000000490. The van der Waals surface area contributed by atoms with Crippen LogP contribution in [-0.4, -0.2) is 4.98 Å². The Morgan fingerprint density at radius 2 is 2.12 bits per heavy atom. The maximum absolute atomic E-state index is 4.76. The number of H-pyrrole nitrogens is 1. The average molecular weight is 202 g/mol. The van der Waals surface area contributed by atoms with Crippen LogP contribution in [0.1, 0.15) is 0 Å². The minimum atomic E-state index is 0. The quantitative estimate of drug-likeness (QED) is 0.634. The zero-order valence-electron chi connectivity index (χ0n) is 4.22. The molecule has 0 bridgehead atoms. The monoisotopic (exact) mass is 201 g/mol. The first-order chi connectivity index (χ1) is 3.39. The summed E-state index contributed by atoms with van der Waals surface area (Å²) in [4.78, 5) is 2.85. The number of rotatable bonds is 0. The van der Waals surface area contributed by atoms with E-state index in [1.165, 1.54) is 0 Å². The number of nitrogens with one attached hydrogen (secondary N) is 1. The van der Waals surface area contributed by atoms with Crippen LogP contribution < -0.4 is 0 Å². The summed E-state index contributed by atoms with van der Waals surface area (Å²) in [5, 5.41) is 0. The van der Waals surface area contributed by atoms with E-state index in [1.807, 2.05) is 24.4 Å². The van der Waals surface area contributed by atoms with Crippen LogP contribution in [0.4, 0.5) is 0 Å². The molecule has 0 unspecified atom stereocenters. The maximum atomic E-state index is 4.76. The van der Waals surface area contributed by atoms with E-state index < -0.39 is 0 Å². The van der Waals surface area contributed by atoms with Crippen molar-refractivity contribution in [2.75, 3.05) is 0 Å². The Labute approximate surface area is 72.3 Å². The van der Waals surface area contributed by atoms with E-state index in [2.05, 4.69) is 4.98 Å². The smallest absolute Gasteiger partial charge is 0.103 e. The molecule has 1 rings (SSSR count). The van der Waals surface area contributed by atoms with Crippen molar-refractivity contribution in [3.8, 4) is 0 Å². The van der Waals surface area contributed by atoms with Gasteiger partial charge in [-0.05, 0) is 12.1 Å². The molecule has 0 fully saturated rings. The summed E-state index contributed by atoms with van der Waals surface area (Å²) in [6.07, 6.45) is 1.81. The fourth-order valence-corrected chi connectivity index (χ4v) is 0.523. The predicted molar refractivity (Wildman–Crippen MR) is 31.6 cm³/mol. The van der Waals surface area contributed by atoms with Crippen LogP contribution in [-0.2, 0) is 26.2 Å². The minimum absolute atomic E-state index is 0. The molecule has 0 spiro atoms. The first-order valence-electron chi connectivity index (χ1n) is 2.03. The molecule has 0 saturated carbocycles. The van der Waals surface area contributed by atoms with Crippen LogP contribution in [0.25, 0.3) is 0 Å². The second-order valence-corrected chi connectivity index (χ2v) is 1.67. The Morgan fingerprint density at radius 3 is 2.38 bits per heavy atom. The van der Waals surface area contributed by atoms with Crippen molar-refractivity contribution in [1.82, 2.24) is 4.98 Å². The van der Waals surface area contributed by atoms with Gasteiger partial charge in [-0.1, -0.05) is 18.3 Å². The Bertz CT molecular complexity index is 178. The first kappa shape index (κ1) is 8.25. The molecule has 0 aromatic carbocycles. The molecule has 1 aromatic heterocycles. The molecule has 0 aliphatic heterocycles. The summed E-state index contributed by atoms with van der Waals surface area (Å²) in [5.74, 6) is 0. The third kappa shape index (κ3) is 2.53. The molecule has 0 saturated heterocycles. The van der Waals surface area contributed by atoms with E-state index in [0.29, 0.717) is 0 Å². The average Bonchev–Trinajstić information content (AvgIpc) is 1.69. The van der Waals surface area contributed by atoms with Gasteiger partial charge in [0.05, 0.1) is 0 Å². The molecular formula is C5H5NSZr. The number of hydrogen-bond acceptors (Lipinski definition) is 1. The Kier molecular flexibility index (Phi) is 4.30. The van der Waals surface area contributed by atoms with E-state index in [4.69, 9.17) is 12.2 Å². The standard InChI is InChI=1S/C5H5NS.Zr/c7-5-3-1-2-4-6-5;/h1-4H,(H,6,7);. The van der Waals surface area contributed by atoms with Gasteiger partial charge in [-0.2, -0.15) is 0 Å². The minimum Gasteiger partial charge on any atom is -0.353 e. The van der Waals surface area contributed by atoms with Crippen molar-refractivity contribution in [1.29, 1.82) is 0 Å². The van der Waals surface area contributed by atoms with Gasteiger partial charge in [0.1, 0.15) is 4.64 Å². The summed E-state index contributed by atoms with van der Waals surface area (Å²) in [6, 6.07) is 5.64. The van der Waals surface area contributed by atoms with Crippen LogP contribution in [0.2, 0.25) is 0 Å². The summed E-state index contributed by atoms with van der Waals surface area (Å²) in [6.45, 7) is 0. The molecule has 0 atom stereocenters. The SMILES string of the molecule is S=c1cccc[nH]1.[Zr]. The molecular weight excluding hydrogens is 197 g/mol. The van der Waals surface area contributed by atoms with Gasteiger partial charge in [0.2, 0.25) is 0 Å². The topological polar surface area (TPSA) is 15.8 Å². The van der Waals surface area contributed by atoms with Crippen LogP contribution in [0.3, 0.4) is 0 Å². The molecule has 1 aromatic rings. The van der Waals surface area contributed by atoms with Crippen LogP contribution >= 0.6 is 12.2 Å². The molecule has 0 aliphatic rings. The molecule has 0 aliphatic carbocycles. The van der Waals surface area contributed by atoms with Gasteiger partial charge in [-0.25, -0.2) is 0 Å². The number of aromatic nitrogens is 1. The summed E-state index contributed by atoms with van der Waals surface area (Å²) >= 11 is 4.76. The van der Waals surface area contributed by atoms with Crippen molar-refractivity contribution < 1.29 is 26.2 Å². The zero-order chi connectivity index (χ0) is 5.11. The third-order valence-electron chi connectivity index (χ3n) is 0.681. The van der Waals surface area contributed by atoms with Gasteiger partial charge in [-0.3, -0.25) is 0 Å². The second kappa shape index (κ2) is 4.16. The number of aromatic amines is 1. The normalized spacial score (nSPS) is 7.50. The van der Waals surface area contributed by atoms with E-state index in [0.717, 1.165) is 4.64 Å². The fraction of sp³-hybridized carbons (Fsp3) is 0. The molecule has 8 heavy (non-hydrogen) atoms. The molecule has 3 heteroatoms. The van der Waals surface area contributed by atoms with Gasteiger partial charge in [0, 0.05) is 32.4 Å². The van der Waals surface area contributed by atoms with Gasteiger partial charge in [-0.15, -0.1) is 0 Å². The van der Waals surface area contributed by atoms with Crippen molar-refractivity contribution in [3.05, 3.63) is 29.0 Å². The largest absolute Gasteiger partial charge is 0.353 e. The van der Waals surface area contributed by atoms with Crippen molar-refractivity contribution in [2.45, 2.75) is 0 Å². The zero-order valence-corrected chi connectivity index (χ0v) is 7.49. The Morgan fingerprint density at radius 1 is 1.38 bits per heavy atom. The van der Waals surface area contributed by atoms with E-state index >= 15 is 0 Å². The number of hydrogen-bond donors (Lipinski definition) is 1. The van der Waals surface area contributed by atoms with Crippen molar-refractivity contribution >= 4 is 12.2 Å². The van der Waals surface area contributed by atoms with Crippen molar-refractivity contribution in [2.24, 2.45) is 0 Å². The van der Waals surface area contributed by atoms with E-state index in [1.54, 1.807) is 0 Å². The molecule has 0 radical (unpaired) electrons. The summed E-state index contributed by atoms with van der Waals surface area (Å²) in [7, 11) is 0. The van der Waals surface area contributed by atoms with Crippen molar-refractivity contribution in [3.63, 3.8) is 0 Å². The predicted octanol–water partition coefficient (Wildman–Crippen LogP) is 1.74. The summed E-state index contributed by atoms with van der Waals surface area (Å²) < 4.78 is 0.780. The van der Waals surface area contributed by atoms with Gasteiger partial charge >= 0.3 is 0 Å². The molecule has 0 amide bonds. The van der Waals surface area contributed by atoms with Gasteiger partial charge in [0.15, 0.2) is 0 Å². The molecule has 1 N–H and O–H groups in total. The second-order valence-electron chi connectivity index (χ2n) is 1.23. The van der Waals surface area contributed by atoms with Gasteiger partial charge < -0.3 is 4.98 Å². The third-order valence-corrected chi connectivity index (χ3v) is 0.934. The molecule has 1 heterocycles. The summed E-state index contributed by atoms with van der Waals surface area (Å²) in [5.41, 5.74) is 0. The van der Waals surface area contributed by atoms with Crippen LogP contribution in [0, 0.1) is 4.64 Å². The van der Waals surface area contributed by atoms with Crippen LogP contribution in [0.15, 0.2) is 24.4 Å². The van der Waals surface area contributed by atoms with Gasteiger partial charge in [0.25, 0.3) is 0 Å². The fourth-order valence-electron chi connectivity index (χ4n) is 0.377. The van der Waals surface area contributed by atoms with E-state index in [-0.39, 0.29) is 26.2 Å². The van der Waals surface area contributed by atoms with E-state index in [9.17, 15) is 0 Å².